The van der Waals surface area contributed by atoms with Crippen LogP contribution in [0.1, 0.15) is 28.5 Å². The maximum absolute atomic E-state index is 13.4. The zero-order chi connectivity index (χ0) is 28.7. The van der Waals surface area contributed by atoms with E-state index in [9.17, 15) is 13.2 Å². The van der Waals surface area contributed by atoms with Gasteiger partial charge in [0.2, 0.25) is 0 Å². The first kappa shape index (κ1) is 28.8. The highest BCUT2D eigenvalue weighted by Crippen LogP contribution is 2.32. The fourth-order valence-corrected chi connectivity index (χ4v) is 5.84. The topological polar surface area (TPSA) is 113 Å². The van der Waals surface area contributed by atoms with Gasteiger partial charge in [0.25, 0.3) is 15.9 Å². The molecule has 40 heavy (non-hydrogen) atoms. The lowest BCUT2D eigenvalue weighted by Crippen LogP contribution is -2.48. The number of para-hydroxylation sites is 1. The molecule has 0 aliphatic carbocycles. The third kappa shape index (κ3) is 6.32. The number of hydrogen-bond donors (Lipinski definition) is 1. The molecule has 0 radical (unpaired) electrons. The molecule has 11 heteroatoms. The van der Waals surface area contributed by atoms with Crippen LogP contribution in [0.3, 0.4) is 0 Å². The first-order valence-corrected chi connectivity index (χ1v) is 14.2. The highest BCUT2D eigenvalue weighted by molar-refractivity contribution is 7.92. The van der Waals surface area contributed by atoms with E-state index in [0.717, 1.165) is 11.4 Å². The Morgan fingerprint density at radius 1 is 1.07 bits per heavy atom. The van der Waals surface area contributed by atoms with Crippen LogP contribution in [-0.2, 0) is 16.6 Å². The molecule has 1 N–H and O–H groups in total. The monoisotopic (exact) mass is 563 g/mol. The van der Waals surface area contributed by atoms with E-state index in [1.54, 1.807) is 54.6 Å². The second-order valence-electron chi connectivity index (χ2n) is 9.09. The van der Waals surface area contributed by atoms with Gasteiger partial charge < -0.3 is 14.4 Å². The number of nitrogens with zero attached hydrogens (tertiary/aromatic N) is 4. The lowest BCUT2D eigenvalue weighted by Gasteiger charge is -2.35. The SMILES string of the molecule is C=Nc1c(/C=C\C)cccc1S(=O)(=O)Nc1ccc(C(=O)N2CCN(Cc3ncccc3OC)CC2)c(OC)c1. The van der Waals surface area contributed by atoms with Gasteiger partial charge in [-0.1, -0.05) is 24.3 Å². The minimum atomic E-state index is -4.00. The molecule has 210 valence electrons. The van der Waals surface area contributed by atoms with Crippen molar-refractivity contribution in [2.75, 3.05) is 45.1 Å². The number of nitrogens with one attached hydrogen (secondary N) is 1. The van der Waals surface area contributed by atoms with Crippen LogP contribution >= 0.6 is 0 Å². The Hall–Kier alpha value is -4.22. The van der Waals surface area contributed by atoms with E-state index in [-0.39, 0.29) is 27.9 Å². The Balaban J connectivity index is 1.47. The molecule has 0 bridgehead atoms. The molecule has 4 rings (SSSR count). The van der Waals surface area contributed by atoms with Crippen molar-refractivity contribution >= 4 is 40.1 Å². The summed E-state index contributed by atoms with van der Waals surface area (Å²) in [4.78, 5) is 25.7. The standard InChI is InChI=1S/C29H33N5O5S/c1-5-8-21-9-6-11-27(28(21)30-2)40(36,37)32-22-12-13-23(26(19-22)39-4)29(35)34-17-15-33(16-18-34)20-24-25(38-3)10-7-14-31-24/h5-14,19,32H,2,15-18,20H2,1,3-4H3/b8-5-. The first-order chi connectivity index (χ1) is 19.3. The molecule has 1 aliphatic heterocycles. The third-order valence-electron chi connectivity index (χ3n) is 6.61. The molecule has 2 heterocycles. The molecular weight excluding hydrogens is 530 g/mol. The summed E-state index contributed by atoms with van der Waals surface area (Å²) >= 11 is 0. The number of piperazine rings is 1. The molecule has 1 aliphatic rings. The number of amides is 1. The summed E-state index contributed by atoms with van der Waals surface area (Å²) in [5.74, 6) is 0.832. The number of aromatic nitrogens is 1. The van der Waals surface area contributed by atoms with Gasteiger partial charge in [-0.2, -0.15) is 0 Å². The quantitative estimate of drug-likeness (QED) is 0.368. The summed E-state index contributed by atoms with van der Waals surface area (Å²) < 4.78 is 40.0. The van der Waals surface area contributed by atoms with Crippen LogP contribution in [0.15, 0.2) is 70.7 Å². The van der Waals surface area contributed by atoms with Crippen molar-refractivity contribution in [3.8, 4) is 11.5 Å². The van der Waals surface area contributed by atoms with Gasteiger partial charge in [-0.15, -0.1) is 0 Å². The molecule has 1 saturated heterocycles. The fraction of sp³-hybridized carbons (Fsp3) is 0.276. The summed E-state index contributed by atoms with van der Waals surface area (Å²) in [5, 5.41) is 0. The molecule has 0 spiro atoms. The number of carbonyl (C=O) groups excluding carboxylic acids is 1. The number of benzene rings is 2. The van der Waals surface area contributed by atoms with Crippen molar-refractivity contribution in [3.05, 3.63) is 77.6 Å². The number of rotatable bonds is 10. The molecule has 0 atom stereocenters. The molecule has 1 aromatic heterocycles. The van der Waals surface area contributed by atoms with E-state index >= 15 is 0 Å². The van der Waals surface area contributed by atoms with Gasteiger partial charge in [0.15, 0.2) is 0 Å². The number of sulfonamides is 1. The van der Waals surface area contributed by atoms with Gasteiger partial charge in [0, 0.05) is 50.6 Å². The van der Waals surface area contributed by atoms with Crippen LogP contribution in [0, 0.1) is 0 Å². The molecule has 2 aromatic carbocycles. The van der Waals surface area contributed by atoms with Gasteiger partial charge in [-0.25, -0.2) is 8.42 Å². The van der Waals surface area contributed by atoms with E-state index in [1.807, 2.05) is 19.1 Å². The average Bonchev–Trinajstić information content (AvgIpc) is 2.97. The number of carbonyl (C=O) groups is 1. The Bertz CT molecular complexity index is 1510. The number of hydrogen-bond acceptors (Lipinski definition) is 8. The largest absolute Gasteiger partial charge is 0.496 e. The second kappa shape index (κ2) is 12.8. The Labute approximate surface area is 235 Å². The van der Waals surface area contributed by atoms with Crippen molar-refractivity contribution < 1.29 is 22.7 Å². The van der Waals surface area contributed by atoms with Crippen molar-refractivity contribution in [1.29, 1.82) is 0 Å². The van der Waals surface area contributed by atoms with Crippen molar-refractivity contribution in [1.82, 2.24) is 14.8 Å². The summed E-state index contributed by atoms with van der Waals surface area (Å²) in [6.07, 6.45) is 5.30. The van der Waals surface area contributed by atoms with Crippen LogP contribution in [0.25, 0.3) is 6.08 Å². The molecular formula is C29H33N5O5S. The van der Waals surface area contributed by atoms with Crippen LogP contribution in [0.2, 0.25) is 0 Å². The molecule has 3 aromatic rings. The smallest absolute Gasteiger partial charge is 0.264 e. The van der Waals surface area contributed by atoms with E-state index in [0.29, 0.717) is 43.9 Å². The van der Waals surface area contributed by atoms with Crippen LogP contribution in [0.5, 0.6) is 11.5 Å². The molecule has 10 nitrogen and oxygen atoms in total. The first-order valence-electron chi connectivity index (χ1n) is 12.7. The zero-order valence-corrected chi connectivity index (χ0v) is 23.6. The molecule has 1 amide bonds. The highest BCUT2D eigenvalue weighted by atomic mass is 32.2. The minimum Gasteiger partial charge on any atom is -0.496 e. The Morgan fingerprint density at radius 2 is 1.82 bits per heavy atom. The van der Waals surface area contributed by atoms with Gasteiger partial charge >= 0.3 is 0 Å². The fourth-order valence-electron chi connectivity index (χ4n) is 4.60. The van der Waals surface area contributed by atoms with E-state index in [2.05, 4.69) is 26.3 Å². The Morgan fingerprint density at radius 3 is 2.50 bits per heavy atom. The number of anilines is 1. The average molecular weight is 564 g/mol. The maximum atomic E-state index is 13.4. The predicted octanol–water partition coefficient (Wildman–Crippen LogP) is 4.22. The normalized spacial score (nSPS) is 14.2. The third-order valence-corrected chi connectivity index (χ3v) is 8.02. The molecule has 1 fully saturated rings. The van der Waals surface area contributed by atoms with Crippen LogP contribution < -0.4 is 14.2 Å². The zero-order valence-electron chi connectivity index (χ0n) is 22.8. The highest BCUT2D eigenvalue weighted by Gasteiger charge is 2.26. The predicted molar refractivity (Wildman–Crippen MR) is 156 cm³/mol. The molecule has 0 unspecified atom stereocenters. The van der Waals surface area contributed by atoms with Crippen molar-refractivity contribution in [2.24, 2.45) is 4.99 Å². The van der Waals surface area contributed by atoms with Crippen molar-refractivity contribution in [2.45, 2.75) is 18.4 Å². The van der Waals surface area contributed by atoms with E-state index in [4.69, 9.17) is 9.47 Å². The minimum absolute atomic E-state index is 0.00147. The van der Waals surface area contributed by atoms with E-state index < -0.39 is 10.0 Å². The number of allylic oxidation sites excluding steroid dienone is 1. The van der Waals surface area contributed by atoms with Gasteiger partial charge in [-0.05, 0) is 44.0 Å². The summed E-state index contributed by atoms with van der Waals surface area (Å²) in [6, 6.07) is 13.2. The lowest BCUT2D eigenvalue weighted by atomic mass is 10.1. The summed E-state index contributed by atoms with van der Waals surface area (Å²) in [5.41, 5.74) is 2.36. The second-order valence-corrected chi connectivity index (χ2v) is 10.7. The number of ether oxygens (including phenoxy) is 2. The number of methoxy groups -OCH3 is 2. The van der Waals surface area contributed by atoms with Crippen molar-refractivity contribution in [3.63, 3.8) is 0 Å². The van der Waals surface area contributed by atoms with E-state index in [1.165, 1.54) is 19.2 Å². The van der Waals surface area contributed by atoms with Crippen LogP contribution in [0.4, 0.5) is 11.4 Å². The summed E-state index contributed by atoms with van der Waals surface area (Å²) in [7, 11) is -0.929. The summed E-state index contributed by atoms with van der Waals surface area (Å²) in [6.45, 7) is 8.43. The lowest BCUT2D eigenvalue weighted by molar-refractivity contribution is 0.0622. The van der Waals surface area contributed by atoms with Gasteiger partial charge in [0.1, 0.15) is 16.4 Å². The number of pyridine rings is 1. The van der Waals surface area contributed by atoms with Crippen LogP contribution in [-0.4, -0.2) is 76.2 Å². The van der Waals surface area contributed by atoms with Gasteiger partial charge in [0.05, 0.1) is 36.9 Å². The molecule has 0 saturated carbocycles. The maximum Gasteiger partial charge on any atom is 0.264 e. The number of aliphatic imine (C=N–C) groups is 1. The Kier molecular flexibility index (Phi) is 9.18. The van der Waals surface area contributed by atoms with Gasteiger partial charge in [-0.3, -0.25) is 24.4 Å².